The molecule has 5 heteroatoms. The molecule has 0 N–H and O–H groups in total. The molecule has 0 aromatic carbocycles. The van der Waals surface area contributed by atoms with Crippen molar-refractivity contribution in [3.05, 3.63) is 36.8 Å². The molecule has 0 unspecified atom stereocenters. The molecule has 0 aromatic rings. The van der Waals surface area contributed by atoms with Gasteiger partial charge in [0.1, 0.15) is 5.76 Å². The summed E-state index contributed by atoms with van der Waals surface area (Å²) in [5, 5.41) is 0. The van der Waals surface area contributed by atoms with E-state index in [0.29, 0.717) is 0 Å². The zero-order valence-electron chi connectivity index (χ0n) is 6.97. The molecule has 13 heavy (non-hydrogen) atoms. The monoisotopic (exact) mass is 194 g/mol. The quantitative estimate of drug-likeness (QED) is 0.506. The van der Waals surface area contributed by atoms with Gasteiger partial charge in [0.15, 0.2) is 0 Å². The van der Waals surface area contributed by atoms with Crippen LogP contribution in [0.2, 0.25) is 0 Å². The van der Waals surface area contributed by atoms with Crippen LogP contribution in [0.5, 0.6) is 0 Å². The van der Waals surface area contributed by atoms with Gasteiger partial charge in [-0.1, -0.05) is 12.7 Å². The van der Waals surface area contributed by atoms with E-state index in [1.807, 2.05) is 0 Å². The number of halogens is 3. The molecule has 0 aromatic heterocycles. The summed E-state index contributed by atoms with van der Waals surface area (Å²) >= 11 is 0. The standard InChI is InChI=1S/C8H9F3O2/c1-3-4-7(5-6-12-2)13-8(9,10)11/h3-6H,1H2,2H3/b6-5+,7-4+. The molecule has 0 bridgehead atoms. The minimum Gasteiger partial charge on any atom is -0.504 e. The Kier molecular flexibility index (Phi) is 4.72. The van der Waals surface area contributed by atoms with E-state index in [9.17, 15) is 13.2 Å². The van der Waals surface area contributed by atoms with Crippen LogP contribution in [-0.2, 0) is 9.47 Å². The van der Waals surface area contributed by atoms with E-state index in [-0.39, 0.29) is 5.76 Å². The molecule has 2 nitrogen and oxygen atoms in total. The molecule has 0 aliphatic rings. The highest BCUT2D eigenvalue weighted by atomic mass is 19.4. The number of methoxy groups -OCH3 is 1. The first-order valence-electron chi connectivity index (χ1n) is 3.27. The van der Waals surface area contributed by atoms with Crippen molar-refractivity contribution in [1.29, 1.82) is 0 Å². The molecule has 0 radical (unpaired) electrons. The summed E-state index contributed by atoms with van der Waals surface area (Å²) in [6.07, 6.45) is -0.340. The third-order valence-corrected chi connectivity index (χ3v) is 0.884. The summed E-state index contributed by atoms with van der Waals surface area (Å²) in [6.45, 7) is 3.24. The van der Waals surface area contributed by atoms with Gasteiger partial charge in [-0.05, 0) is 6.08 Å². The molecule has 0 rings (SSSR count). The predicted octanol–water partition coefficient (Wildman–Crippen LogP) is 2.75. The van der Waals surface area contributed by atoms with E-state index in [1.54, 1.807) is 0 Å². The molecule has 0 saturated heterocycles. The normalized spacial score (nSPS) is 13.1. The maximum Gasteiger partial charge on any atom is 0.573 e. The molecule has 0 spiro atoms. The van der Waals surface area contributed by atoms with E-state index >= 15 is 0 Å². The minimum absolute atomic E-state index is 0.385. The highest BCUT2D eigenvalue weighted by molar-refractivity contribution is 5.16. The van der Waals surface area contributed by atoms with Crippen molar-refractivity contribution in [1.82, 2.24) is 0 Å². The second kappa shape index (κ2) is 5.29. The smallest absolute Gasteiger partial charge is 0.504 e. The number of rotatable bonds is 4. The predicted molar refractivity (Wildman–Crippen MR) is 41.6 cm³/mol. The van der Waals surface area contributed by atoms with Gasteiger partial charge in [-0.3, -0.25) is 0 Å². The van der Waals surface area contributed by atoms with Gasteiger partial charge in [-0.2, -0.15) is 0 Å². The Morgan fingerprint density at radius 1 is 1.38 bits per heavy atom. The third kappa shape index (κ3) is 6.99. The largest absolute Gasteiger partial charge is 0.573 e. The van der Waals surface area contributed by atoms with E-state index < -0.39 is 6.36 Å². The minimum atomic E-state index is -4.70. The van der Waals surface area contributed by atoms with Crippen molar-refractivity contribution in [2.45, 2.75) is 6.36 Å². The van der Waals surface area contributed by atoms with Crippen molar-refractivity contribution in [3.63, 3.8) is 0 Å². The molecule has 0 aliphatic carbocycles. The lowest BCUT2D eigenvalue weighted by atomic mass is 10.4. The average Bonchev–Trinajstić information content (AvgIpc) is 1.98. The molecular formula is C8H9F3O2. The zero-order valence-corrected chi connectivity index (χ0v) is 6.97. The number of alkyl halides is 3. The number of hydrogen-bond acceptors (Lipinski definition) is 2. The van der Waals surface area contributed by atoms with Gasteiger partial charge in [0.05, 0.1) is 13.4 Å². The topological polar surface area (TPSA) is 18.5 Å². The summed E-state index contributed by atoms with van der Waals surface area (Å²) in [7, 11) is 1.32. The number of allylic oxidation sites excluding steroid dienone is 3. The fraction of sp³-hybridized carbons (Fsp3) is 0.250. The Labute approximate surface area is 73.9 Å². The molecule has 74 valence electrons. The molecule has 0 amide bonds. The van der Waals surface area contributed by atoms with E-state index in [1.165, 1.54) is 13.2 Å². The van der Waals surface area contributed by atoms with Crippen molar-refractivity contribution >= 4 is 0 Å². The molecule has 0 saturated carbocycles. The Morgan fingerprint density at radius 3 is 2.38 bits per heavy atom. The van der Waals surface area contributed by atoms with E-state index in [2.05, 4.69) is 16.1 Å². The van der Waals surface area contributed by atoms with Crippen molar-refractivity contribution in [2.75, 3.05) is 7.11 Å². The van der Waals surface area contributed by atoms with E-state index in [4.69, 9.17) is 0 Å². The molecule has 0 fully saturated rings. The van der Waals surface area contributed by atoms with Crippen LogP contribution in [0, 0.1) is 0 Å². The van der Waals surface area contributed by atoms with Crippen LogP contribution in [0.25, 0.3) is 0 Å². The van der Waals surface area contributed by atoms with Crippen molar-refractivity contribution < 1.29 is 22.6 Å². The highest BCUT2D eigenvalue weighted by Gasteiger charge is 2.31. The van der Waals surface area contributed by atoms with Gasteiger partial charge in [0, 0.05) is 6.08 Å². The summed E-state index contributed by atoms with van der Waals surface area (Å²) in [5.74, 6) is -0.385. The van der Waals surface area contributed by atoms with Crippen LogP contribution < -0.4 is 0 Å². The fourth-order valence-corrected chi connectivity index (χ4v) is 0.508. The lowest BCUT2D eigenvalue weighted by molar-refractivity contribution is -0.303. The summed E-state index contributed by atoms with van der Waals surface area (Å²) in [5.41, 5.74) is 0. The highest BCUT2D eigenvalue weighted by Crippen LogP contribution is 2.21. The Hall–Kier alpha value is -1.39. The summed E-state index contributed by atoms with van der Waals surface area (Å²) < 4.78 is 43.1. The van der Waals surface area contributed by atoms with Crippen LogP contribution in [0.1, 0.15) is 0 Å². The molecule has 0 aliphatic heterocycles. The number of hydrogen-bond donors (Lipinski definition) is 0. The lowest BCUT2D eigenvalue weighted by Gasteiger charge is -2.08. The SMILES string of the molecule is C=C/C=C(\C=C\OC)OC(F)(F)F. The van der Waals surface area contributed by atoms with Gasteiger partial charge in [0.2, 0.25) is 0 Å². The van der Waals surface area contributed by atoms with Crippen LogP contribution in [0.4, 0.5) is 13.2 Å². The van der Waals surface area contributed by atoms with Crippen LogP contribution in [0.3, 0.4) is 0 Å². The molecular weight excluding hydrogens is 185 g/mol. The number of ether oxygens (including phenoxy) is 2. The van der Waals surface area contributed by atoms with Crippen LogP contribution in [-0.4, -0.2) is 13.5 Å². The van der Waals surface area contributed by atoms with Crippen LogP contribution in [0.15, 0.2) is 36.8 Å². The van der Waals surface area contributed by atoms with E-state index in [0.717, 1.165) is 18.4 Å². The summed E-state index contributed by atoms with van der Waals surface area (Å²) in [4.78, 5) is 0. The third-order valence-electron chi connectivity index (χ3n) is 0.884. The van der Waals surface area contributed by atoms with Gasteiger partial charge in [-0.25, -0.2) is 0 Å². The van der Waals surface area contributed by atoms with Crippen molar-refractivity contribution in [3.8, 4) is 0 Å². The second-order valence-corrected chi connectivity index (χ2v) is 1.89. The van der Waals surface area contributed by atoms with Crippen LogP contribution >= 0.6 is 0 Å². The van der Waals surface area contributed by atoms with Gasteiger partial charge in [0.25, 0.3) is 0 Å². The Bertz CT molecular complexity index is 216. The first-order chi connectivity index (χ1) is 5.99. The van der Waals surface area contributed by atoms with Gasteiger partial charge >= 0.3 is 6.36 Å². The maximum atomic E-state index is 11.7. The second-order valence-electron chi connectivity index (χ2n) is 1.89. The summed E-state index contributed by atoms with van der Waals surface area (Å²) in [6, 6.07) is 0. The lowest BCUT2D eigenvalue weighted by Crippen LogP contribution is -2.11. The molecule has 0 heterocycles. The zero-order chi connectivity index (χ0) is 10.3. The molecule has 0 atom stereocenters. The maximum absolute atomic E-state index is 11.7. The van der Waals surface area contributed by atoms with Crippen molar-refractivity contribution in [2.24, 2.45) is 0 Å². The first kappa shape index (κ1) is 11.6. The van der Waals surface area contributed by atoms with Gasteiger partial charge < -0.3 is 9.47 Å². The Balaban J connectivity index is 4.36. The fourth-order valence-electron chi connectivity index (χ4n) is 0.508. The first-order valence-corrected chi connectivity index (χ1v) is 3.27. The van der Waals surface area contributed by atoms with Gasteiger partial charge in [-0.15, -0.1) is 13.2 Å². The Morgan fingerprint density at radius 2 is 2.00 bits per heavy atom. The average molecular weight is 194 g/mol.